The molecule has 166 valence electrons. The highest BCUT2D eigenvalue weighted by molar-refractivity contribution is 6.10. The van der Waals surface area contributed by atoms with E-state index in [4.69, 9.17) is 9.26 Å². The normalized spacial score (nSPS) is 17.8. The van der Waals surface area contributed by atoms with Crippen LogP contribution >= 0.6 is 0 Å². The highest BCUT2D eigenvalue weighted by Crippen LogP contribution is 2.34. The zero-order valence-electron chi connectivity index (χ0n) is 18.1. The van der Waals surface area contributed by atoms with Crippen molar-refractivity contribution < 1.29 is 14.1 Å². The molecule has 0 radical (unpaired) electrons. The van der Waals surface area contributed by atoms with E-state index in [2.05, 4.69) is 30.3 Å². The van der Waals surface area contributed by atoms with Gasteiger partial charge in [0, 0.05) is 50.2 Å². The number of benzene rings is 1. The fraction of sp³-hybridized carbons (Fsp3) is 0.409. The second-order valence-corrected chi connectivity index (χ2v) is 7.86. The summed E-state index contributed by atoms with van der Waals surface area (Å²) in [5.41, 5.74) is 2.07. The smallest absolute Gasteiger partial charge is 0.263 e. The van der Waals surface area contributed by atoms with Crippen molar-refractivity contribution in [3.63, 3.8) is 0 Å². The van der Waals surface area contributed by atoms with Crippen molar-refractivity contribution >= 4 is 23.4 Å². The number of nitrogens with one attached hydrogen (secondary N) is 1. The van der Waals surface area contributed by atoms with E-state index >= 15 is 0 Å². The van der Waals surface area contributed by atoms with E-state index in [1.165, 1.54) is 0 Å². The molecule has 0 unspecified atom stereocenters. The predicted molar refractivity (Wildman–Crippen MR) is 119 cm³/mol. The van der Waals surface area contributed by atoms with Crippen LogP contribution in [0.1, 0.15) is 36.0 Å². The summed E-state index contributed by atoms with van der Waals surface area (Å²) in [6, 6.07) is 7.83. The molecule has 2 aliphatic heterocycles. The number of anilines is 3. The average molecular weight is 435 g/mol. The molecule has 3 aromatic rings. The van der Waals surface area contributed by atoms with E-state index in [-0.39, 0.29) is 18.6 Å². The molecule has 1 amide bonds. The molecule has 4 heterocycles. The quantitative estimate of drug-likeness (QED) is 0.625. The summed E-state index contributed by atoms with van der Waals surface area (Å²) in [6.45, 7) is 4.43. The molecule has 1 atom stereocenters. The van der Waals surface area contributed by atoms with Crippen LogP contribution in [0.3, 0.4) is 0 Å². The Labute approximate surface area is 185 Å². The Hall–Kier alpha value is -3.53. The van der Waals surface area contributed by atoms with Gasteiger partial charge in [0.1, 0.15) is 18.0 Å². The molecule has 10 nitrogen and oxygen atoms in total. The van der Waals surface area contributed by atoms with E-state index in [1.807, 2.05) is 36.1 Å². The Morgan fingerprint density at radius 1 is 1.31 bits per heavy atom. The monoisotopic (exact) mass is 435 g/mol. The number of fused-ring (bicyclic) bond motifs is 3. The molecule has 2 aromatic heterocycles. The van der Waals surface area contributed by atoms with Crippen molar-refractivity contribution in [1.82, 2.24) is 20.1 Å². The molecule has 0 spiro atoms. The third kappa shape index (κ3) is 3.66. The Morgan fingerprint density at radius 3 is 3.06 bits per heavy atom. The minimum Gasteiger partial charge on any atom is -0.375 e. The lowest BCUT2D eigenvalue weighted by atomic mass is 10.1. The summed E-state index contributed by atoms with van der Waals surface area (Å²) in [6.07, 6.45) is 3.71. The highest BCUT2D eigenvalue weighted by Gasteiger charge is 2.37. The van der Waals surface area contributed by atoms with E-state index < -0.39 is 0 Å². The van der Waals surface area contributed by atoms with Crippen molar-refractivity contribution in [1.29, 1.82) is 0 Å². The fourth-order valence-corrected chi connectivity index (χ4v) is 4.32. The number of carbonyl (C=O) groups excluding carboxylic acids is 1. The number of amides is 1. The summed E-state index contributed by atoms with van der Waals surface area (Å²) in [4.78, 5) is 31.1. The van der Waals surface area contributed by atoms with E-state index in [1.54, 1.807) is 13.3 Å². The first-order valence-corrected chi connectivity index (χ1v) is 10.8. The SMILES string of the molecule is CCNc1ncc2c(n1)N1CCC[C@H]1CN(c1cccc(-c3noc(COC)n3)c1)C2=O. The minimum atomic E-state index is -0.109. The molecule has 1 fully saturated rings. The van der Waals surface area contributed by atoms with Crippen LogP contribution in [0.15, 0.2) is 35.0 Å². The number of hydrogen-bond acceptors (Lipinski definition) is 9. The lowest BCUT2D eigenvalue weighted by Crippen LogP contribution is -2.39. The molecular weight excluding hydrogens is 410 g/mol. The Balaban J connectivity index is 1.52. The Morgan fingerprint density at radius 2 is 2.22 bits per heavy atom. The number of rotatable bonds is 6. The van der Waals surface area contributed by atoms with Crippen LogP contribution in [0.2, 0.25) is 0 Å². The molecule has 2 aliphatic rings. The first-order valence-electron chi connectivity index (χ1n) is 10.8. The van der Waals surface area contributed by atoms with Gasteiger partial charge in [0.05, 0.1) is 0 Å². The van der Waals surface area contributed by atoms with Crippen LogP contribution < -0.4 is 15.1 Å². The molecule has 1 saturated heterocycles. The molecule has 1 aromatic carbocycles. The maximum Gasteiger partial charge on any atom is 0.263 e. The second kappa shape index (κ2) is 8.54. The van der Waals surface area contributed by atoms with Gasteiger partial charge in [-0.2, -0.15) is 9.97 Å². The van der Waals surface area contributed by atoms with E-state index in [0.717, 1.165) is 37.2 Å². The van der Waals surface area contributed by atoms with Crippen LogP contribution in [0, 0.1) is 0 Å². The zero-order valence-corrected chi connectivity index (χ0v) is 18.1. The summed E-state index contributed by atoms with van der Waals surface area (Å²) in [5, 5.41) is 7.19. The molecule has 32 heavy (non-hydrogen) atoms. The minimum absolute atomic E-state index is 0.109. The van der Waals surface area contributed by atoms with Crippen molar-refractivity contribution in [3.05, 3.63) is 41.9 Å². The molecule has 5 rings (SSSR count). The van der Waals surface area contributed by atoms with Gasteiger partial charge in [0.2, 0.25) is 11.8 Å². The second-order valence-electron chi connectivity index (χ2n) is 7.86. The third-order valence-electron chi connectivity index (χ3n) is 5.77. The number of carbonyl (C=O) groups is 1. The van der Waals surface area contributed by atoms with E-state index in [0.29, 0.717) is 35.6 Å². The van der Waals surface area contributed by atoms with Gasteiger partial charge in [0.15, 0.2) is 0 Å². The summed E-state index contributed by atoms with van der Waals surface area (Å²) in [5.74, 6) is 2.02. The van der Waals surface area contributed by atoms with Crippen molar-refractivity contribution in [3.8, 4) is 11.4 Å². The van der Waals surface area contributed by atoms with Crippen LogP contribution in [0.25, 0.3) is 11.4 Å². The number of hydrogen-bond donors (Lipinski definition) is 1. The maximum atomic E-state index is 13.6. The number of ether oxygens (including phenoxy) is 1. The predicted octanol–water partition coefficient (Wildman–Crippen LogP) is 2.73. The standard InChI is InChI=1S/C22H25N7O3/c1-3-23-22-24-11-17-20(26-22)28-9-5-8-16(28)12-29(21(17)30)15-7-4-6-14(10-15)19-25-18(13-31-2)32-27-19/h4,6-7,10-11,16H,3,5,8-9,12-13H2,1-2H3,(H,23,24,26)/t16-/m0/s1. The first-order chi connectivity index (χ1) is 15.7. The average Bonchev–Trinajstić information content (AvgIpc) is 3.45. The number of aromatic nitrogens is 4. The Bertz CT molecular complexity index is 1130. The van der Waals surface area contributed by atoms with Gasteiger partial charge in [0.25, 0.3) is 11.8 Å². The molecule has 1 N–H and O–H groups in total. The number of methoxy groups -OCH3 is 1. The van der Waals surface area contributed by atoms with E-state index in [9.17, 15) is 4.79 Å². The topological polar surface area (TPSA) is 110 Å². The van der Waals surface area contributed by atoms with Crippen LogP contribution in [-0.2, 0) is 11.3 Å². The fourth-order valence-electron chi connectivity index (χ4n) is 4.32. The third-order valence-corrected chi connectivity index (χ3v) is 5.77. The molecule has 10 heteroatoms. The molecule has 0 bridgehead atoms. The molecular formula is C22H25N7O3. The molecule has 0 aliphatic carbocycles. The van der Waals surface area contributed by atoms with Gasteiger partial charge in [-0.05, 0) is 31.9 Å². The van der Waals surface area contributed by atoms with Gasteiger partial charge in [-0.25, -0.2) is 4.98 Å². The van der Waals surface area contributed by atoms with Gasteiger partial charge in [-0.15, -0.1) is 0 Å². The van der Waals surface area contributed by atoms with Gasteiger partial charge in [-0.1, -0.05) is 17.3 Å². The Kier molecular flexibility index (Phi) is 5.44. The summed E-state index contributed by atoms with van der Waals surface area (Å²) in [7, 11) is 1.57. The van der Waals surface area contributed by atoms with Crippen molar-refractivity contribution in [2.45, 2.75) is 32.4 Å². The zero-order chi connectivity index (χ0) is 22.1. The van der Waals surface area contributed by atoms with Gasteiger partial charge < -0.3 is 24.4 Å². The summed E-state index contributed by atoms with van der Waals surface area (Å²) < 4.78 is 10.3. The van der Waals surface area contributed by atoms with Gasteiger partial charge >= 0.3 is 0 Å². The van der Waals surface area contributed by atoms with Crippen molar-refractivity contribution in [2.24, 2.45) is 0 Å². The van der Waals surface area contributed by atoms with Crippen LogP contribution in [0.5, 0.6) is 0 Å². The van der Waals surface area contributed by atoms with Crippen molar-refractivity contribution in [2.75, 3.05) is 41.9 Å². The lowest BCUT2D eigenvalue weighted by molar-refractivity contribution is 0.0988. The largest absolute Gasteiger partial charge is 0.375 e. The summed E-state index contributed by atoms with van der Waals surface area (Å²) >= 11 is 0. The highest BCUT2D eigenvalue weighted by atomic mass is 16.5. The number of nitrogens with zero attached hydrogens (tertiary/aromatic N) is 6. The van der Waals surface area contributed by atoms with Crippen LogP contribution in [0.4, 0.5) is 17.5 Å². The van der Waals surface area contributed by atoms with Gasteiger partial charge in [-0.3, -0.25) is 4.79 Å². The molecule has 0 saturated carbocycles. The lowest BCUT2D eigenvalue weighted by Gasteiger charge is -2.27. The van der Waals surface area contributed by atoms with Crippen LogP contribution in [-0.4, -0.2) is 58.8 Å². The first kappa shape index (κ1) is 20.4. The maximum absolute atomic E-state index is 13.6.